The third-order valence-electron chi connectivity index (χ3n) is 8.80. The van der Waals surface area contributed by atoms with Gasteiger partial charge in [0.15, 0.2) is 0 Å². The van der Waals surface area contributed by atoms with E-state index < -0.39 is 5.41 Å². The maximum absolute atomic E-state index is 13.7. The molecule has 1 aromatic heterocycles. The van der Waals surface area contributed by atoms with E-state index in [1.54, 1.807) is 30.6 Å². The van der Waals surface area contributed by atoms with E-state index in [0.29, 0.717) is 18.8 Å². The van der Waals surface area contributed by atoms with Gasteiger partial charge in [-0.3, -0.25) is 9.59 Å². The predicted molar refractivity (Wildman–Crippen MR) is 140 cm³/mol. The Hall–Kier alpha value is -3.38. The van der Waals surface area contributed by atoms with Gasteiger partial charge in [-0.2, -0.15) is 11.3 Å². The molecule has 0 radical (unpaired) electrons. The number of nitrogens with zero attached hydrogens (tertiary/aromatic N) is 1. The maximum atomic E-state index is 13.7. The summed E-state index contributed by atoms with van der Waals surface area (Å²) in [6.07, 6.45) is 5.27. The van der Waals surface area contributed by atoms with Crippen molar-refractivity contribution in [2.75, 3.05) is 27.3 Å². The zero-order valence-electron chi connectivity index (χ0n) is 20.5. The Bertz CT molecular complexity index is 1350. The molecule has 2 aromatic carbocycles. The van der Waals surface area contributed by atoms with Crippen molar-refractivity contribution in [1.29, 1.82) is 0 Å². The number of carbonyl (C=O) groups is 2. The van der Waals surface area contributed by atoms with Crippen LogP contribution in [0.15, 0.2) is 71.4 Å². The largest absolute Gasteiger partial charge is 0.496 e. The van der Waals surface area contributed by atoms with Gasteiger partial charge in [0, 0.05) is 42.0 Å². The Morgan fingerprint density at radius 3 is 2.67 bits per heavy atom. The van der Waals surface area contributed by atoms with E-state index in [2.05, 4.69) is 41.1 Å². The summed E-state index contributed by atoms with van der Waals surface area (Å²) >= 11 is 1.68. The highest BCUT2D eigenvalue weighted by molar-refractivity contribution is 7.08. The van der Waals surface area contributed by atoms with Gasteiger partial charge in [-0.15, -0.1) is 0 Å². The quantitative estimate of drug-likeness (QED) is 0.355. The number of amides is 1. The van der Waals surface area contributed by atoms with Gasteiger partial charge in [-0.05, 0) is 58.5 Å². The molecule has 7 rings (SSSR count). The maximum Gasteiger partial charge on any atom is 0.314 e. The smallest absolute Gasteiger partial charge is 0.314 e. The first-order chi connectivity index (χ1) is 17.6. The molecule has 184 valence electrons. The lowest BCUT2D eigenvalue weighted by Gasteiger charge is -2.59. The molecule has 3 aromatic rings. The first-order valence-corrected chi connectivity index (χ1v) is 13.3. The number of ether oxygens (including phenoxy) is 2. The van der Waals surface area contributed by atoms with Gasteiger partial charge in [0.1, 0.15) is 5.75 Å². The monoisotopic (exact) mass is 499 g/mol. The summed E-state index contributed by atoms with van der Waals surface area (Å²) in [5.41, 5.74) is 3.54. The number of fused-ring (bicyclic) bond motifs is 1. The number of rotatable bonds is 5. The molecule has 1 saturated heterocycles. The van der Waals surface area contributed by atoms with Crippen LogP contribution >= 0.6 is 11.3 Å². The summed E-state index contributed by atoms with van der Waals surface area (Å²) in [5, 5.41) is 4.33. The van der Waals surface area contributed by atoms with Crippen molar-refractivity contribution in [2.45, 2.75) is 24.2 Å². The lowest BCUT2D eigenvalue weighted by atomic mass is 9.42. The Kier molecular flexibility index (Phi) is 5.52. The minimum Gasteiger partial charge on any atom is -0.496 e. The van der Waals surface area contributed by atoms with Crippen LogP contribution in [0.1, 0.15) is 41.0 Å². The average Bonchev–Trinajstić information content (AvgIpc) is 3.62. The van der Waals surface area contributed by atoms with Crippen LogP contribution in [0.2, 0.25) is 0 Å². The molecule has 4 aliphatic rings. The molecule has 2 heterocycles. The van der Waals surface area contributed by atoms with Crippen LogP contribution in [-0.4, -0.2) is 44.1 Å². The number of esters is 1. The molecular weight excluding hydrogens is 470 g/mol. The lowest BCUT2D eigenvalue weighted by Crippen LogP contribution is -2.60. The molecule has 4 atom stereocenters. The van der Waals surface area contributed by atoms with Gasteiger partial charge in [0.2, 0.25) is 5.91 Å². The second kappa shape index (κ2) is 8.63. The van der Waals surface area contributed by atoms with E-state index in [4.69, 9.17) is 9.47 Å². The average molecular weight is 500 g/mol. The van der Waals surface area contributed by atoms with Crippen LogP contribution < -0.4 is 4.74 Å². The molecule has 1 amide bonds. The van der Waals surface area contributed by atoms with Gasteiger partial charge in [0.25, 0.3) is 0 Å². The second-order valence-electron chi connectivity index (χ2n) is 10.0. The van der Waals surface area contributed by atoms with Crippen molar-refractivity contribution in [1.82, 2.24) is 4.90 Å². The number of benzene rings is 2. The molecule has 6 heteroatoms. The normalized spacial score (nSPS) is 28.1. The summed E-state index contributed by atoms with van der Waals surface area (Å²) < 4.78 is 10.9. The van der Waals surface area contributed by atoms with E-state index in [0.717, 1.165) is 18.4 Å². The molecule has 5 nitrogen and oxygen atoms in total. The van der Waals surface area contributed by atoms with E-state index in [9.17, 15) is 9.59 Å². The Morgan fingerprint density at radius 2 is 1.89 bits per heavy atom. The first kappa shape index (κ1) is 23.0. The summed E-state index contributed by atoms with van der Waals surface area (Å²) in [6, 6.07) is 18.4. The molecule has 2 bridgehead atoms. The molecule has 3 aliphatic carbocycles. The first-order valence-electron chi connectivity index (χ1n) is 12.4. The molecule has 0 N–H and O–H groups in total. The number of para-hydroxylation sites is 1. The Labute approximate surface area is 215 Å². The van der Waals surface area contributed by atoms with Crippen molar-refractivity contribution in [2.24, 2.45) is 11.3 Å². The van der Waals surface area contributed by atoms with Crippen LogP contribution in [0.4, 0.5) is 0 Å². The standard InChI is InChI=1S/C30H29NO4S/c1-34-25-10-6-3-7-20(25)11-12-27(32)31-17-26-29(21-14-16-36-18-21)15-13-24(22-8-4-5-9-23(22)29)30(26,19-31)28(33)35-2/h3-12,14,16,18,24,26H,13,15,17,19H2,1-2H3/b12-11+/t24-,26-,29-,30-/m0/s1. The molecule has 0 unspecified atom stereocenters. The highest BCUT2D eigenvalue weighted by atomic mass is 32.1. The minimum absolute atomic E-state index is 0.0302. The van der Waals surface area contributed by atoms with Crippen LogP contribution in [0.5, 0.6) is 5.75 Å². The van der Waals surface area contributed by atoms with Crippen LogP contribution in [0, 0.1) is 11.3 Å². The fourth-order valence-electron chi connectivity index (χ4n) is 7.39. The summed E-state index contributed by atoms with van der Waals surface area (Å²) in [5.74, 6) is 0.400. The molecule has 0 spiro atoms. The second-order valence-corrected chi connectivity index (χ2v) is 10.8. The number of likely N-dealkylation sites (tertiary alicyclic amines) is 1. The van der Waals surface area contributed by atoms with Gasteiger partial charge in [-0.1, -0.05) is 42.5 Å². The van der Waals surface area contributed by atoms with Gasteiger partial charge >= 0.3 is 5.97 Å². The molecule has 2 fully saturated rings. The predicted octanol–water partition coefficient (Wildman–Crippen LogP) is 5.27. The van der Waals surface area contributed by atoms with Crippen LogP contribution in [0.3, 0.4) is 0 Å². The zero-order valence-corrected chi connectivity index (χ0v) is 21.3. The van der Waals surface area contributed by atoms with Crippen molar-refractivity contribution >= 4 is 29.3 Å². The highest BCUT2D eigenvalue weighted by Gasteiger charge is 2.71. The number of hydrogen-bond donors (Lipinski definition) is 0. The highest BCUT2D eigenvalue weighted by Crippen LogP contribution is 2.69. The van der Waals surface area contributed by atoms with Crippen LogP contribution in [-0.2, 0) is 19.7 Å². The van der Waals surface area contributed by atoms with E-state index >= 15 is 0 Å². The molecule has 36 heavy (non-hydrogen) atoms. The molecular formula is C30H29NO4S. The van der Waals surface area contributed by atoms with Gasteiger partial charge in [-0.25, -0.2) is 0 Å². The third-order valence-corrected chi connectivity index (χ3v) is 9.48. The van der Waals surface area contributed by atoms with E-state index in [-0.39, 0.29) is 29.1 Å². The Balaban J connectivity index is 1.44. The SMILES string of the molecule is COC(=O)[C@]12CN(C(=O)/C=C/c3ccccc3OC)C[C@H]1[C@]1(c3ccsc3)CC[C@H]2c2ccccc21. The minimum atomic E-state index is -0.767. The Morgan fingerprint density at radius 1 is 1.08 bits per heavy atom. The summed E-state index contributed by atoms with van der Waals surface area (Å²) in [7, 11) is 3.10. The number of carbonyl (C=O) groups excluding carboxylic acids is 2. The number of hydrogen-bond acceptors (Lipinski definition) is 5. The summed E-state index contributed by atoms with van der Waals surface area (Å²) in [6.45, 7) is 0.884. The van der Waals surface area contributed by atoms with Crippen molar-refractivity contribution in [3.05, 3.63) is 93.7 Å². The fourth-order valence-corrected chi connectivity index (χ4v) is 8.12. The number of methoxy groups -OCH3 is 2. The fraction of sp³-hybridized carbons (Fsp3) is 0.333. The third kappa shape index (κ3) is 3.07. The lowest BCUT2D eigenvalue weighted by molar-refractivity contribution is -0.161. The van der Waals surface area contributed by atoms with Gasteiger partial charge < -0.3 is 14.4 Å². The van der Waals surface area contributed by atoms with E-state index in [1.807, 2.05) is 29.2 Å². The van der Waals surface area contributed by atoms with Crippen molar-refractivity contribution in [3.8, 4) is 5.75 Å². The molecule has 1 aliphatic heterocycles. The van der Waals surface area contributed by atoms with Crippen LogP contribution in [0.25, 0.3) is 6.08 Å². The summed E-state index contributed by atoms with van der Waals surface area (Å²) in [4.78, 5) is 29.1. The molecule has 1 saturated carbocycles. The topological polar surface area (TPSA) is 55.8 Å². The van der Waals surface area contributed by atoms with Crippen molar-refractivity contribution < 1.29 is 19.1 Å². The van der Waals surface area contributed by atoms with Crippen molar-refractivity contribution in [3.63, 3.8) is 0 Å². The number of thiophene rings is 1. The van der Waals surface area contributed by atoms with E-state index in [1.165, 1.54) is 23.8 Å². The van der Waals surface area contributed by atoms with Gasteiger partial charge in [0.05, 0.1) is 19.6 Å². The zero-order chi connectivity index (χ0) is 24.9.